The van der Waals surface area contributed by atoms with Crippen molar-refractivity contribution in [3.63, 3.8) is 0 Å². The van der Waals surface area contributed by atoms with E-state index in [4.69, 9.17) is 14.2 Å². The van der Waals surface area contributed by atoms with Gasteiger partial charge >= 0.3 is 0 Å². The number of hydrogen-bond donors (Lipinski definition) is 1. The van der Waals surface area contributed by atoms with E-state index in [1.807, 2.05) is 6.07 Å². The minimum absolute atomic E-state index is 0.233. The molecule has 0 spiro atoms. The highest BCUT2D eigenvalue weighted by molar-refractivity contribution is 6.03. The Morgan fingerprint density at radius 3 is 2.09 bits per heavy atom. The number of aliphatic hydroxyl groups is 1. The average Bonchev–Trinajstić information content (AvgIpc) is 2.59. The van der Waals surface area contributed by atoms with Crippen molar-refractivity contribution in [1.82, 2.24) is 0 Å². The highest BCUT2D eigenvalue weighted by Crippen LogP contribution is 2.41. The van der Waals surface area contributed by atoms with Gasteiger partial charge in [-0.2, -0.15) is 0 Å². The van der Waals surface area contributed by atoms with Crippen LogP contribution in [0.4, 0.5) is 0 Å². The van der Waals surface area contributed by atoms with Crippen LogP contribution in [0.2, 0.25) is 0 Å². The molecule has 0 heterocycles. The second-order valence-electron chi connectivity index (χ2n) is 4.56. The van der Waals surface area contributed by atoms with Gasteiger partial charge in [-0.15, -0.1) is 0 Å². The summed E-state index contributed by atoms with van der Waals surface area (Å²) in [6.07, 6.45) is -1.27. The van der Waals surface area contributed by atoms with Crippen molar-refractivity contribution in [2.75, 3.05) is 21.3 Å². The summed E-state index contributed by atoms with van der Waals surface area (Å²) in [4.78, 5) is 12.6. The third-order valence-electron chi connectivity index (χ3n) is 3.33. The zero-order valence-electron chi connectivity index (χ0n) is 12.7. The molecule has 2 aromatic rings. The van der Waals surface area contributed by atoms with Gasteiger partial charge in [0.25, 0.3) is 0 Å². The van der Waals surface area contributed by atoms with E-state index in [1.165, 1.54) is 21.3 Å². The molecule has 0 aliphatic heterocycles. The number of ketones is 1. The topological polar surface area (TPSA) is 65.0 Å². The normalized spacial score (nSPS) is 11.6. The number of benzene rings is 2. The van der Waals surface area contributed by atoms with E-state index in [0.29, 0.717) is 17.1 Å². The third-order valence-corrected chi connectivity index (χ3v) is 3.33. The number of rotatable bonds is 6. The molecule has 0 saturated carbocycles. The smallest absolute Gasteiger partial charge is 0.204 e. The quantitative estimate of drug-likeness (QED) is 0.831. The molecule has 5 heteroatoms. The van der Waals surface area contributed by atoms with Crippen molar-refractivity contribution in [3.8, 4) is 17.2 Å². The van der Waals surface area contributed by atoms with Gasteiger partial charge in [0.15, 0.2) is 17.3 Å². The van der Waals surface area contributed by atoms with Crippen LogP contribution in [-0.2, 0) is 0 Å². The van der Waals surface area contributed by atoms with Crippen LogP contribution in [0.1, 0.15) is 22.0 Å². The summed E-state index contributed by atoms with van der Waals surface area (Å²) in [5.74, 6) is 0.534. The number of hydrogen-bond acceptors (Lipinski definition) is 5. The first kappa shape index (κ1) is 15.9. The van der Waals surface area contributed by atoms with Gasteiger partial charge in [0.1, 0.15) is 6.10 Å². The maximum absolute atomic E-state index is 12.6. The molecule has 0 aliphatic rings. The standard InChI is InChI=1S/C17H18O5/c1-20-13-10-9-12(16(21-2)17(13)22-3)15(19)14(18)11-7-5-4-6-8-11/h4-10,14,18H,1-3H3. The van der Waals surface area contributed by atoms with Crippen molar-refractivity contribution in [2.45, 2.75) is 6.10 Å². The largest absolute Gasteiger partial charge is 0.493 e. The summed E-state index contributed by atoms with van der Waals surface area (Å²) in [5, 5.41) is 10.3. The fourth-order valence-electron chi connectivity index (χ4n) is 2.23. The summed E-state index contributed by atoms with van der Waals surface area (Å²) < 4.78 is 15.7. The monoisotopic (exact) mass is 302 g/mol. The molecule has 2 rings (SSSR count). The Hall–Kier alpha value is -2.53. The van der Waals surface area contributed by atoms with E-state index in [2.05, 4.69) is 0 Å². The molecule has 1 atom stereocenters. The fraction of sp³-hybridized carbons (Fsp3) is 0.235. The Bertz CT molecular complexity index is 652. The Morgan fingerprint density at radius 1 is 0.909 bits per heavy atom. The summed E-state index contributed by atoms with van der Waals surface area (Å²) in [7, 11) is 4.39. The van der Waals surface area contributed by atoms with Crippen molar-refractivity contribution < 1.29 is 24.1 Å². The van der Waals surface area contributed by atoms with Crippen molar-refractivity contribution in [2.24, 2.45) is 0 Å². The third kappa shape index (κ3) is 2.89. The number of Topliss-reactive ketones (excluding diaryl/α,β-unsaturated/α-hetero) is 1. The predicted molar refractivity (Wildman–Crippen MR) is 81.8 cm³/mol. The SMILES string of the molecule is COc1ccc(C(=O)C(O)c2ccccc2)c(OC)c1OC. The van der Waals surface area contributed by atoms with E-state index in [-0.39, 0.29) is 11.3 Å². The molecule has 2 aromatic carbocycles. The van der Waals surface area contributed by atoms with E-state index in [1.54, 1.807) is 36.4 Å². The Labute approximate surface area is 129 Å². The molecule has 116 valence electrons. The van der Waals surface area contributed by atoms with Crippen LogP contribution in [-0.4, -0.2) is 32.2 Å². The minimum Gasteiger partial charge on any atom is -0.493 e. The van der Waals surface area contributed by atoms with Gasteiger partial charge < -0.3 is 19.3 Å². The van der Waals surface area contributed by atoms with Gasteiger partial charge in [0, 0.05) is 0 Å². The van der Waals surface area contributed by atoms with Crippen LogP contribution in [0.3, 0.4) is 0 Å². The Balaban J connectivity index is 2.46. The lowest BCUT2D eigenvalue weighted by Gasteiger charge is -2.17. The number of carbonyl (C=O) groups excluding carboxylic acids is 1. The Morgan fingerprint density at radius 2 is 1.55 bits per heavy atom. The van der Waals surface area contributed by atoms with Gasteiger partial charge in [0.2, 0.25) is 5.75 Å². The average molecular weight is 302 g/mol. The first-order valence-electron chi connectivity index (χ1n) is 6.70. The van der Waals surface area contributed by atoms with Gasteiger partial charge in [-0.05, 0) is 17.7 Å². The van der Waals surface area contributed by atoms with E-state index >= 15 is 0 Å². The summed E-state index contributed by atoms with van der Waals surface area (Å²) in [6, 6.07) is 11.9. The van der Waals surface area contributed by atoms with Crippen LogP contribution >= 0.6 is 0 Å². The van der Waals surface area contributed by atoms with Crippen molar-refractivity contribution in [1.29, 1.82) is 0 Å². The first-order valence-corrected chi connectivity index (χ1v) is 6.70. The van der Waals surface area contributed by atoms with Crippen molar-refractivity contribution >= 4 is 5.78 Å². The van der Waals surface area contributed by atoms with Gasteiger partial charge in [-0.25, -0.2) is 0 Å². The second kappa shape index (κ2) is 6.95. The molecule has 0 aromatic heterocycles. The molecule has 0 saturated heterocycles. The summed E-state index contributed by atoms with van der Waals surface area (Å²) in [5.41, 5.74) is 0.751. The van der Waals surface area contributed by atoms with Gasteiger partial charge in [-0.1, -0.05) is 30.3 Å². The number of aliphatic hydroxyl groups excluding tert-OH is 1. The molecular weight excluding hydrogens is 284 g/mol. The predicted octanol–water partition coefficient (Wildman–Crippen LogP) is 2.63. The van der Waals surface area contributed by atoms with Gasteiger partial charge in [-0.3, -0.25) is 4.79 Å². The molecule has 1 unspecified atom stereocenters. The van der Waals surface area contributed by atoms with Crippen LogP contribution in [0.25, 0.3) is 0 Å². The summed E-state index contributed by atoms with van der Waals surface area (Å²) in [6.45, 7) is 0. The molecule has 0 amide bonds. The molecule has 0 fully saturated rings. The molecular formula is C17H18O5. The molecule has 0 radical (unpaired) electrons. The lowest BCUT2D eigenvalue weighted by atomic mass is 9.99. The number of ether oxygens (including phenoxy) is 3. The molecule has 1 N–H and O–H groups in total. The summed E-state index contributed by atoms with van der Waals surface area (Å²) >= 11 is 0. The van der Waals surface area contributed by atoms with Crippen LogP contribution < -0.4 is 14.2 Å². The lowest BCUT2D eigenvalue weighted by molar-refractivity contribution is 0.0743. The number of methoxy groups -OCH3 is 3. The highest BCUT2D eigenvalue weighted by atomic mass is 16.5. The van der Waals surface area contributed by atoms with Crippen LogP contribution in [0.15, 0.2) is 42.5 Å². The van der Waals surface area contributed by atoms with Crippen LogP contribution in [0, 0.1) is 0 Å². The molecule has 0 aliphatic carbocycles. The zero-order chi connectivity index (χ0) is 16.1. The highest BCUT2D eigenvalue weighted by Gasteiger charge is 2.26. The lowest BCUT2D eigenvalue weighted by Crippen LogP contribution is -2.14. The maximum Gasteiger partial charge on any atom is 0.204 e. The first-order chi connectivity index (χ1) is 10.6. The van der Waals surface area contributed by atoms with E-state index in [9.17, 15) is 9.90 Å². The molecule has 22 heavy (non-hydrogen) atoms. The van der Waals surface area contributed by atoms with Crippen LogP contribution in [0.5, 0.6) is 17.2 Å². The van der Waals surface area contributed by atoms with E-state index in [0.717, 1.165) is 0 Å². The fourth-order valence-corrected chi connectivity index (χ4v) is 2.23. The molecule has 0 bridgehead atoms. The van der Waals surface area contributed by atoms with E-state index < -0.39 is 11.9 Å². The zero-order valence-corrected chi connectivity index (χ0v) is 12.7. The Kier molecular flexibility index (Phi) is 5.01. The molecule has 5 nitrogen and oxygen atoms in total. The van der Waals surface area contributed by atoms with Crippen molar-refractivity contribution in [3.05, 3.63) is 53.6 Å². The number of carbonyl (C=O) groups is 1. The van der Waals surface area contributed by atoms with Gasteiger partial charge in [0.05, 0.1) is 26.9 Å². The maximum atomic E-state index is 12.6. The second-order valence-corrected chi connectivity index (χ2v) is 4.56. The minimum atomic E-state index is -1.27.